The van der Waals surface area contributed by atoms with E-state index in [2.05, 4.69) is 10.1 Å². The number of hydrogen-bond acceptors (Lipinski definition) is 5. The van der Waals surface area contributed by atoms with E-state index in [9.17, 15) is 9.59 Å². The fourth-order valence-electron chi connectivity index (χ4n) is 0.814. The number of aliphatic hydroxyl groups excluding tert-OH is 1. The Morgan fingerprint density at radius 2 is 1.94 bits per heavy atom. The van der Waals surface area contributed by atoms with Gasteiger partial charge >= 0.3 is 12.1 Å². The number of nitrogens with one attached hydrogen (secondary N) is 1. The Morgan fingerprint density at radius 1 is 1.38 bits per heavy atom. The molecule has 16 heavy (non-hydrogen) atoms. The molecule has 0 heterocycles. The highest BCUT2D eigenvalue weighted by molar-refractivity contribution is 5.80. The van der Waals surface area contributed by atoms with Crippen molar-refractivity contribution in [3.05, 3.63) is 0 Å². The van der Waals surface area contributed by atoms with Crippen LogP contribution in [0.25, 0.3) is 0 Å². The van der Waals surface area contributed by atoms with Gasteiger partial charge in [-0.1, -0.05) is 0 Å². The summed E-state index contributed by atoms with van der Waals surface area (Å²) in [6, 6.07) is -0.804. The fourth-order valence-corrected chi connectivity index (χ4v) is 0.814. The quantitative estimate of drug-likeness (QED) is 0.688. The fraction of sp³-hybridized carbons (Fsp3) is 0.800. The molecule has 2 N–H and O–H groups in total. The molecule has 0 aromatic carbocycles. The molecule has 1 amide bonds. The van der Waals surface area contributed by atoms with E-state index in [0.29, 0.717) is 0 Å². The highest BCUT2D eigenvalue weighted by atomic mass is 16.6. The van der Waals surface area contributed by atoms with Gasteiger partial charge < -0.3 is 19.9 Å². The lowest BCUT2D eigenvalue weighted by Gasteiger charge is -2.21. The molecule has 0 aromatic heterocycles. The standard InChI is InChI=1S/C10H19NO5/c1-7(8(13)15-6-5-12)11-9(14)16-10(2,3)4/h7,12H,5-6H2,1-4H3,(H,11,14)/t7-/m1/s1. The van der Waals surface area contributed by atoms with E-state index in [4.69, 9.17) is 9.84 Å². The second-order valence-corrected chi connectivity index (χ2v) is 4.26. The van der Waals surface area contributed by atoms with Crippen molar-refractivity contribution in [1.29, 1.82) is 0 Å². The van der Waals surface area contributed by atoms with Crippen LogP contribution in [-0.2, 0) is 14.3 Å². The molecule has 6 nitrogen and oxygen atoms in total. The molecule has 0 saturated carbocycles. The first-order valence-electron chi connectivity index (χ1n) is 5.03. The van der Waals surface area contributed by atoms with Crippen molar-refractivity contribution in [2.24, 2.45) is 0 Å². The van der Waals surface area contributed by atoms with Crippen molar-refractivity contribution in [3.8, 4) is 0 Å². The Bertz CT molecular complexity index is 246. The Hall–Kier alpha value is -1.30. The zero-order valence-corrected chi connectivity index (χ0v) is 10.1. The Labute approximate surface area is 94.9 Å². The van der Waals surface area contributed by atoms with Gasteiger partial charge in [-0.3, -0.25) is 0 Å². The van der Waals surface area contributed by atoms with E-state index >= 15 is 0 Å². The second kappa shape index (κ2) is 6.32. The molecule has 0 radical (unpaired) electrons. The molecule has 0 rings (SSSR count). The minimum atomic E-state index is -0.804. The predicted molar refractivity (Wildman–Crippen MR) is 56.9 cm³/mol. The summed E-state index contributed by atoms with van der Waals surface area (Å²) in [6.45, 7) is 6.32. The van der Waals surface area contributed by atoms with Crippen LogP contribution in [0.3, 0.4) is 0 Å². The smallest absolute Gasteiger partial charge is 0.408 e. The van der Waals surface area contributed by atoms with Crippen molar-refractivity contribution in [2.45, 2.75) is 39.3 Å². The zero-order chi connectivity index (χ0) is 12.8. The number of carbonyl (C=O) groups is 2. The second-order valence-electron chi connectivity index (χ2n) is 4.26. The monoisotopic (exact) mass is 233 g/mol. The maximum absolute atomic E-state index is 11.3. The molecule has 0 spiro atoms. The number of rotatable bonds is 4. The zero-order valence-electron chi connectivity index (χ0n) is 10.1. The molecule has 0 unspecified atom stereocenters. The van der Waals surface area contributed by atoms with Gasteiger partial charge in [0.15, 0.2) is 0 Å². The first-order chi connectivity index (χ1) is 7.26. The summed E-state index contributed by atoms with van der Waals surface area (Å²) in [7, 11) is 0. The minimum Gasteiger partial charge on any atom is -0.462 e. The number of amides is 1. The average Bonchev–Trinajstić information content (AvgIpc) is 2.10. The summed E-state index contributed by atoms with van der Waals surface area (Å²) in [5.41, 5.74) is -0.612. The first kappa shape index (κ1) is 14.7. The molecule has 0 aliphatic rings. The van der Waals surface area contributed by atoms with Crippen molar-refractivity contribution in [3.63, 3.8) is 0 Å². The van der Waals surface area contributed by atoms with Crippen LogP contribution < -0.4 is 5.32 Å². The van der Waals surface area contributed by atoms with E-state index in [-0.39, 0.29) is 13.2 Å². The summed E-state index contributed by atoms with van der Waals surface area (Å²) < 4.78 is 9.58. The van der Waals surface area contributed by atoms with Gasteiger partial charge in [-0.2, -0.15) is 0 Å². The molecular formula is C10H19NO5. The van der Waals surface area contributed by atoms with Crippen molar-refractivity contribution in [2.75, 3.05) is 13.2 Å². The van der Waals surface area contributed by atoms with Crippen LogP contribution in [0.5, 0.6) is 0 Å². The topological polar surface area (TPSA) is 84.9 Å². The van der Waals surface area contributed by atoms with Gasteiger partial charge in [-0.15, -0.1) is 0 Å². The van der Waals surface area contributed by atoms with Crippen molar-refractivity contribution in [1.82, 2.24) is 5.32 Å². The molecule has 1 atom stereocenters. The van der Waals surface area contributed by atoms with Crippen LogP contribution in [0.2, 0.25) is 0 Å². The van der Waals surface area contributed by atoms with Crippen LogP contribution in [0, 0.1) is 0 Å². The maximum Gasteiger partial charge on any atom is 0.408 e. The highest BCUT2D eigenvalue weighted by Gasteiger charge is 2.21. The molecule has 0 aromatic rings. The average molecular weight is 233 g/mol. The number of hydrogen-bond donors (Lipinski definition) is 2. The van der Waals surface area contributed by atoms with Gasteiger partial charge in [0.25, 0.3) is 0 Å². The first-order valence-corrected chi connectivity index (χ1v) is 5.03. The van der Waals surface area contributed by atoms with Gasteiger partial charge in [-0.05, 0) is 27.7 Å². The van der Waals surface area contributed by atoms with E-state index in [1.807, 2.05) is 0 Å². The van der Waals surface area contributed by atoms with Crippen molar-refractivity contribution >= 4 is 12.1 Å². The number of carbonyl (C=O) groups excluding carboxylic acids is 2. The van der Waals surface area contributed by atoms with Crippen LogP contribution >= 0.6 is 0 Å². The van der Waals surface area contributed by atoms with E-state index < -0.39 is 23.7 Å². The SMILES string of the molecule is C[C@@H](NC(=O)OC(C)(C)C)C(=O)OCCO. The Morgan fingerprint density at radius 3 is 2.38 bits per heavy atom. The molecule has 6 heteroatoms. The Balaban J connectivity index is 3.99. The minimum absolute atomic E-state index is 0.0842. The molecule has 94 valence electrons. The van der Waals surface area contributed by atoms with E-state index in [0.717, 1.165) is 0 Å². The number of alkyl carbamates (subject to hydrolysis) is 1. The van der Waals surface area contributed by atoms with Crippen LogP contribution in [0.1, 0.15) is 27.7 Å². The number of aliphatic hydroxyl groups is 1. The van der Waals surface area contributed by atoms with Crippen LogP contribution in [-0.4, -0.2) is 42.0 Å². The molecule has 0 aliphatic carbocycles. The summed E-state index contributed by atoms with van der Waals surface area (Å²) >= 11 is 0. The maximum atomic E-state index is 11.3. The number of ether oxygens (including phenoxy) is 2. The molecule has 0 saturated heterocycles. The van der Waals surface area contributed by atoms with Crippen LogP contribution in [0.4, 0.5) is 4.79 Å². The number of esters is 1. The Kier molecular flexibility index (Phi) is 5.81. The third kappa shape index (κ3) is 7.05. The summed E-state index contributed by atoms with van der Waals surface area (Å²) in [5, 5.41) is 10.8. The predicted octanol–water partition coefficient (Wildman–Crippen LogP) is 0.435. The molecule has 0 aliphatic heterocycles. The van der Waals surface area contributed by atoms with E-state index in [1.54, 1.807) is 20.8 Å². The molecule has 0 bridgehead atoms. The summed E-state index contributed by atoms with van der Waals surface area (Å²) in [5.74, 6) is -0.611. The van der Waals surface area contributed by atoms with Crippen molar-refractivity contribution < 1.29 is 24.2 Å². The molecular weight excluding hydrogens is 214 g/mol. The summed E-state index contributed by atoms with van der Waals surface area (Å²) in [6.07, 6.45) is -0.680. The third-order valence-corrected chi connectivity index (χ3v) is 1.42. The van der Waals surface area contributed by atoms with Gasteiger partial charge in [0, 0.05) is 0 Å². The lowest BCUT2D eigenvalue weighted by molar-refractivity contribution is -0.146. The highest BCUT2D eigenvalue weighted by Crippen LogP contribution is 2.06. The van der Waals surface area contributed by atoms with Gasteiger partial charge in [0.1, 0.15) is 18.2 Å². The summed E-state index contributed by atoms with van der Waals surface area (Å²) in [4.78, 5) is 22.5. The molecule has 0 fully saturated rings. The van der Waals surface area contributed by atoms with Crippen LogP contribution in [0.15, 0.2) is 0 Å². The normalized spacial score (nSPS) is 12.8. The largest absolute Gasteiger partial charge is 0.462 e. The lowest BCUT2D eigenvalue weighted by atomic mass is 10.2. The van der Waals surface area contributed by atoms with Gasteiger partial charge in [-0.25, -0.2) is 9.59 Å². The van der Waals surface area contributed by atoms with Gasteiger partial charge in [0.2, 0.25) is 0 Å². The van der Waals surface area contributed by atoms with Gasteiger partial charge in [0.05, 0.1) is 6.61 Å². The van der Waals surface area contributed by atoms with E-state index in [1.165, 1.54) is 6.92 Å². The lowest BCUT2D eigenvalue weighted by Crippen LogP contribution is -2.42. The third-order valence-electron chi connectivity index (χ3n) is 1.42.